The number of likely N-dealkylation sites (tertiary alicyclic amines) is 2. The monoisotopic (exact) mass is 430 g/mol. The lowest BCUT2D eigenvalue weighted by Crippen LogP contribution is -2.55. The molecule has 1 amide bonds. The largest absolute Gasteiger partial charge is 0.490 e. The SMILES string of the molecule is O=C(O)C(F)(F)F.O=C(c1ccc(F)cc1)N1CCC2(CC1)CC(N1CCCC1)C2. The maximum absolute atomic E-state index is 13.0. The summed E-state index contributed by atoms with van der Waals surface area (Å²) >= 11 is 0. The summed E-state index contributed by atoms with van der Waals surface area (Å²) in [6.07, 6.45) is 2.55. The van der Waals surface area contributed by atoms with Gasteiger partial charge in [0, 0.05) is 24.7 Å². The Labute approximate surface area is 172 Å². The zero-order chi connectivity index (χ0) is 21.9. The molecule has 1 aromatic rings. The van der Waals surface area contributed by atoms with E-state index in [0.717, 1.165) is 32.0 Å². The number of carboxylic acid groups (broad SMARTS) is 1. The van der Waals surface area contributed by atoms with Crippen molar-refractivity contribution < 1.29 is 32.3 Å². The molecular formula is C21H26F4N2O3. The second kappa shape index (κ2) is 8.91. The third-order valence-electron chi connectivity index (χ3n) is 6.44. The van der Waals surface area contributed by atoms with E-state index in [1.807, 2.05) is 4.90 Å². The normalized spacial score (nSPS) is 21.7. The van der Waals surface area contributed by atoms with Crippen LogP contribution in [-0.2, 0) is 4.79 Å². The standard InChI is InChI=1S/C19H25FN2O.C2HF3O2/c20-16-5-3-15(4-6-16)18(23)22-11-7-19(8-12-22)13-17(14-19)21-9-1-2-10-21;3-2(4,5)1(6)7/h3-6,17H,1-2,7-14H2;(H,6,7). The Morgan fingerprint density at radius 2 is 1.47 bits per heavy atom. The number of hydrogen-bond acceptors (Lipinski definition) is 3. The average Bonchev–Trinajstić information content (AvgIpc) is 3.20. The Morgan fingerprint density at radius 1 is 0.967 bits per heavy atom. The Bertz CT molecular complexity index is 745. The van der Waals surface area contributed by atoms with Crippen molar-refractivity contribution in [2.75, 3.05) is 26.2 Å². The van der Waals surface area contributed by atoms with E-state index in [2.05, 4.69) is 4.90 Å². The predicted molar refractivity (Wildman–Crippen MR) is 101 cm³/mol. The fourth-order valence-corrected chi connectivity index (χ4v) is 4.67. The molecule has 1 aromatic carbocycles. The minimum absolute atomic E-state index is 0.0512. The van der Waals surface area contributed by atoms with Crippen molar-refractivity contribution in [3.63, 3.8) is 0 Å². The molecule has 0 radical (unpaired) electrons. The molecule has 3 fully saturated rings. The van der Waals surface area contributed by atoms with Gasteiger partial charge in [-0.1, -0.05) is 0 Å². The molecule has 0 atom stereocenters. The number of amides is 1. The second-order valence-corrected chi connectivity index (χ2v) is 8.41. The van der Waals surface area contributed by atoms with E-state index in [0.29, 0.717) is 11.0 Å². The fraction of sp³-hybridized carbons (Fsp3) is 0.619. The highest BCUT2D eigenvalue weighted by molar-refractivity contribution is 5.94. The molecule has 3 aliphatic rings. The van der Waals surface area contributed by atoms with E-state index in [9.17, 15) is 22.4 Å². The summed E-state index contributed by atoms with van der Waals surface area (Å²) in [5, 5.41) is 7.12. The van der Waals surface area contributed by atoms with Gasteiger partial charge < -0.3 is 14.9 Å². The summed E-state index contributed by atoms with van der Waals surface area (Å²) in [4.78, 5) is 26.0. The molecule has 2 aliphatic heterocycles. The van der Waals surface area contributed by atoms with E-state index in [1.165, 1.54) is 50.9 Å². The minimum Gasteiger partial charge on any atom is -0.475 e. The lowest BCUT2D eigenvalue weighted by atomic mass is 9.60. The molecule has 2 heterocycles. The van der Waals surface area contributed by atoms with Crippen LogP contribution in [0.5, 0.6) is 0 Å². The van der Waals surface area contributed by atoms with E-state index >= 15 is 0 Å². The molecule has 1 N–H and O–H groups in total. The number of nitrogens with zero attached hydrogens (tertiary/aromatic N) is 2. The van der Waals surface area contributed by atoms with Crippen LogP contribution in [0.1, 0.15) is 48.9 Å². The number of hydrogen-bond donors (Lipinski definition) is 1. The van der Waals surface area contributed by atoms with Crippen LogP contribution in [-0.4, -0.2) is 65.2 Å². The molecule has 1 aliphatic carbocycles. The van der Waals surface area contributed by atoms with Gasteiger partial charge in [-0.2, -0.15) is 13.2 Å². The summed E-state index contributed by atoms with van der Waals surface area (Å²) in [7, 11) is 0. The zero-order valence-electron chi connectivity index (χ0n) is 16.6. The van der Waals surface area contributed by atoms with Gasteiger partial charge in [-0.3, -0.25) is 4.79 Å². The van der Waals surface area contributed by atoms with E-state index in [1.54, 1.807) is 12.1 Å². The first-order valence-electron chi connectivity index (χ1n) is 10.2. The highest BCUT2D eigenvalue weighted by atomic mass is 19.4. The van der Waals surface area contributed by atoms with E-state index < -0.39 is 12.1 Å². The summed E-state index contributed by atoms with van der Waals surface area (Å²) in [5.41, 5.74) is 1.10. The quantitative estimate of drug-likeness (QED) is 0.722. The Balaban J connectivity index is 0.000000318. The molecule has 0 aromatic heterocycles. The second-order valence-electron chi connectivity index (χ2n) is 8.41. The van der Waals surface area contributed by atoms with Gasteiger partial charge in [-0.15, -0.1) is 0 Å². The molecular weight excluding hydrogens is 404 g/mol. The van der Waals surface area contributed by atoms with Crippen molar-refractivity contribution in [2.24, 2.45) is 5.41 Å². The lowest BCUT2D eigenvalue weighted by molar-refractivity contribution is -0.192. The first-order valence-corrected chi connectivity index (χ1v) is 10.2. The molecule has 1 spiro atoms. The van der Waals surface area contributed by atoms with Crippen LogP contribution in [0.15, 0.2) is 24.3 Å². The van der Waals surface area contributed by atoms with E-state index in [4.69, 9.17) is 9.90 Å². The van der Waals surface area contributed by atoms with Crippen molar-refractivity contribution in [3.05, 3.63) is 35.6 Å². The topological polar surface area (TPSA) is 60.9 Å². The number of carbonyl (C=O) groups excluding carboxylic acids is 1. The third kappa shape index (κ3) is 5.30. The summed E-state index contributed by atoms with van der Waals surface area (Å²) in [6.45, 7) is 4.28. The van der Waals surface area contributed by atoms with E-state index in [-0.39, 0.29) is 11.7 Å². The van der Waals surface area contributed by atoms with Gasteiger partial charge in [0.2, 0.25) is 0 Å². The Hall–Kier alpha value is -2.16. The zero-order valence-corrected chi connectivity index (χ0v) is 16.6. The number of benzene rings is 1. The number of rotatable bonds is 2. The van der Waals surface area contributed by atoms with Crippen LogP contribution >= 0.6 is 0 Å². The van der Waals surface area contributed by atoms with Crippen molar-refractivity contribution >= 4 is 11.9 Å². The number of aliphatic carboxylic acids is 1. The molecule has 2 saturated heterocycles. The maximum atomic E-state index is 13.0. The molecule has 9 heteroatoms. The number of carboxylic acids is 1. The average molecular weight is 430 g/mol. The van der Waals surface area contributed by atoms with Gasteiger partial charge in [-0.05, 0) is 81.3 Å². The summed E-state index contributed by atoms with van der Waals surface area (Å²) in [5.74, 6) is -3.00. The highest BCUT2D eigenvalue weighted by Gasteiger charge is 2.48. The van der Waals surface area contributed by atoms with Gasteiger partial charge in [-0.25, -0.2) is 9.18 Å². The lowest BCUT2D eigenvalue weighted by Gasteiger charge is -2.54. The fourth-order valence-electron chi connectivity index (χ4n) is 4.67. The van der Waals surface area contributed by atoms with Crippen LogP contribution in [0.2, 0.25) is 0 Å². The van der Waals surface area contributed by atoms with Crippen LogP contribution in [0.4, 0.5) is 17.6 Å². The number of halogens is 4. The number of alkyl halides is 3. The van der Waals surface area contributed by atoms with Gasteiger partial charge >= 0.3 is 12.1 Å². The molecule has 5 nitrogen and oxygen atoms in total. The van der Waals surface area contributed by atoms with Crippen LogP contribution in [0.25, 0.3) is 0 Å². The van der Waals surface area contributed by atoms with Crippen molar-refractivity contribution in [2.45, 2.75) is 50.7 Å². The summed E-state index contributed by atoms with van der Waals surface area (Å²) in [6, 6.07) is 6.72. The number of carbonyl (C=O) groups is 2. The van der Waals surface area contributed by atoms with Crippen molar-refractivity contribution in [1.29, 1.82) is 0 Å². The molecule has 0 unspecified atom stereocenters. The molecule has 30 heavy (non-hydrogen) atoms. The highest BCUT2D eigenvalue weighted by Crippen LogP contribution is 2.51. The predicted octanol–water partition coefficient (Wildman–Crippen LogP) is 3.94. The van der Waals surface area contributed by atoms with Crippen LogP contribution < -0.4 is 0 Å². The first kappa shape index (κ1) is 22.5. The maximum Gasteiger partial charge on any atom is 0.490 e. The van der Waals surface area contributed by atoms with Crippen molar-refractivity contribution in [1.82, 2.24) is 9.80 Å². The summed E-state index contributed by atoms with van der Waals surface area (Å²) < 4.78 is 44.7. The number of piperidine rings is 1. The van der Waals surface area contributed by atoms with Gasteiger partial charge in [0.1, 0.15) is 5.82 Å². The van der Waals surface area contributed by atoms with Crippen LogP contribution in [0.3, 0.4) is 0 Å². The Kier molecular flexibility index (Phi) is 6.69. The van der Waals surface area contributed by atoms with Gasteiger partial charge in [0.25, 0.3) is 5.91 Å². The Morgan fingerprint density at radius 3 is 1.93 bits per heavy atom. The molecule has 0 bridgehead atoms. The van der Waals surface area contributed by atoms with Crippen LogP contribution in [0, 0.1) is 11.2 Å². The van der Waals surface area contributed by atoms with Gasteiger partial charge in [0.15, 0.2) is 0 Å². The molecule has 166 valence electrons. The minimum atomic E-state index is -5.08. The van der Waals surface area contributed by atoms with Crippen molar-refractivity contribution in [3.8, 4) is 0 Å². The third-order valence-corrected chi connectivity index (χ3v) is 6.44. The molecule has 4 rings (SSSR count). The first-order chi connectivity index (χ1) is 14.1. The van der Waals surface area contributed by atoms with Gasteiger partial charge in [0.05, 0.1) is 0 Å². The molecule has 1 saturated carbocycles. The smallest absolute Gasteiger partial charge is 0.475 e.